The van der Waals surface area contributed by atoms with Crippen molar-refractivity contribution in [3.63, 3.8) is 0 Å². The molecule has 0 unspecified atom stereocenters. The molecule has 6 saturated carbocycles. The highest BCUT2D eigenvalue weighted by Crippen LogP contribution is 2.84. The Bertz CT molecular complexity index is 710. The van der Waals surface area contributed by atoms with E-state index in [0.717, 1.165) is 32.2 Å². The summed E-state index contributed by atoms with van der Waals surface area (Å²) in [5.41, 5.74) is -0.538. The van der Waals surface area contributed by atoms with Crippen LogP contribution in [0.2, 0.25) is 0 Å². The number of ether oxygens (including phenoxy) is 1. The summed E-state index contributed by atoms with van der Waals surface area (Å²) in [6.45, 7) is 4.16. The molecule has 6 aliphatic carbocycles. The van der Waals surface area contributed by atoms with Gasteiger partial charge in [0.1, 0.15) is 5.60 Å². The molecule has 0 aromatic heterocycles. The number of epoxide rings is 1. The van der Waals surface area contributed by atoms with Gasteiger partial charge in [-0.3, -0.25) is 0 Å². The lowest BCUT2D eigenvalue weighted by atomic mass is 9.38. The summed E-state index contributed by atoms with van der Waals surface area (Å²) in [6, 6.07) is 0.357. The fourth-order valence-corrected chi connectivity index (χ4v) is 10.6. The average Bonchev–Trinajstić information content (AvgIpc) is 3.24. The summed E-state index contributed by atoms with van der Waals surface area (Å²) in [6.07, 6.45) is 3.69. The largest absolute Gasteiger partial charge is 0.393 e. The molecule has 0 aromatic rings. The van der Waals surface area contributed by atoms with Crippen molar-refractivity contribution in [1.29, 1.82) is 0 Å². The van der Waals surface area contributed by atoms with Crippen molar-refractivity contribution < 1.29 is 20.1 Å². The van der Waals surface area contributed by atoms with Crippen LogP contribution in [0.5, 0.6) is 0 Å². The SMILES string of the molecule is CN1C[C@]2(C)CC[C@H](O)[C@@]34[C@@H]2C[C@@H]([C@@H]13)[C@]12C[C@H](O)[C@H](C[C@H]14)[C@@]1(CO1)[C@H]2O. The summed E-state index contributed by atoms with van der Waals surface area (Å²) < 4.78 is 5.86. The highest BCUT2D eigenvalue weighted by Gasteiger charge is 2.88. The first-order valence-corrected chi connectivity index (χ1v) is 10.7. The quantitative estimate of drug-likeness (QED) is 0.552. The minimum absolute atomic E-state index is 0.0458. The Hall–Kier alpha value is -0.200. The topological polar surface area (TPSA) is 76.5 Å². The second-order valence-electron chi connectivity index (χ2n) is 11.4. The van der Waals surface area contributed by atoms with Crippen molar-refractivity contribution in [3.8, 4) is 0 Å². The van der Waals surface area contributed by atoms with Crippen LogP contribution in [0.15, 0.2) is 0 Å². The third-order valence-electron chi connectivity index (χ3n) is 11.0. The maximum Gasteiger partial charge on any atom is 0.123 e. The molecule has 2 saturated heterocycles. The fraction of sp³-hybridized carbons (Fsp3) is 1.00. The molecule has 3 spiro atoms. The predicted octanol–water partition coefficient (Wildman–Crippen LogP) is 0.614. The third kappa shape index (κ3) is 1.22. The van der Waals surface area contributed by atoms with Gasteiger partial charge in [-0.15, -0.1) is 0 Å². The number of rotatable bonds is 0. The van der Waals surface area contributed by atoms with Gasteiger partial charge >= 0.3 is 0 Å². The van der Waals surface area contributed by atoms with Crippen LogP contribution >= 0.6 is 0 Å². The number of aliphatic hydroxyl groups is 3. The number of likely N-dealkylation sites (tertiary alicyclic amines) is 1. The smallest absolute Gasteiger partial charge is 0.123 e. The van der Waals surface area contributed by atoms with Gasteiger partial charge in [0.2, 0.25) is 0 Å². The summed E-state index contributed by atoms with van der Waals surface area (Å²) in [7, 11) is 2.25. The van der Waals surface area contributed by atoms with Gasteiger partial charge < -0.3 is 25.0 Å². The van der Waals surface area contributed by atoms with E-state index in [-0.39, 0.29) is 34.4 Å². The van der Waals surface area contributed by atoms with E-state index < -0.39 is 11.7 Å². The molecule has 8 aliphatic rings. The lowest BCUT2D eigenvalue weighted by molar-refractivity contribution is -0.271. The number of hydrogen-bond acceptors (Lipinski definition) is 5. The van der Waals surface area contributed by atoms with Gasteiger partial charge in [0, 0.05) is 29.3 Å². The number of aliphatic hydroxyl groups excluding tert-OH is 3. The zero-order chi connectivity index (χ0) is 17.9. The lowest BCUT2D eigenvalue weighted by Crippen LogP contribution is -2.73. The molecule has 12 atom stereocenters. The molecule has 26 heavy (non-hydrogen) atoms. The zero-order valence-electron chi connectivity index (χ0n) is 15.8. The van der Waals surface area contributed by atoms with Gasteiger partial charge in [0.15, 0.2) is 0 Å². The molecule has 5 heteroatoms. The van der Waals surface area contributed by atoms with Gasteiger partial charge in [0.05, 0.1) is 24.9 Å². The van der Waals surface area contributed by atoms with E-state index in [1.54, 1.807) is 0 Å². The van der Waals surface area contributed by atoms with Crippen LogP contribution in [-0.2, 0) is 4.74 Å². The van der Waals surface area contributed by atoms with Crippen molar-refractivity contribution >= 4 is 0 Å². The van der Waals surface area contributed by atoms with Crippen molar-refractivity contribution in [2.45, 2.75) is 69.0 Å². The molecule has 8 fully saturated rings. The van der Waals surface area contributed by atoms with Gasteiger partial charge in [-0.25, -0.2) is 0 Å². The van der Waals surface area contributed by atoms with Crippen molar-refractivity contribution in [2.75, 3.05) is 20.2 Å². The molecule has 3 N–H and O–H groups in total. The molecule has 0 amide bonds. The van der Waals surface area contributed by atoms with E-state index in [9.17, 15) is 15.3 Å². The predicted molar refractivity (Wildman–Crippen MR) is 93.1 cm³/mol. The molecule has 144 valence electrons. The zero-order valence-corrected chi connectivity index (χ0v) is 15.8. The maximum absolute atomic E-state index is 11.6. The Morgan fingerprint density at radius 3 is 2.54 bits per heavy atom. The van der Waals surface area contributed by atoms with Crippen LogP contribution in [0.25, 0.3) is 0 Å². The summed E-state index contributed by atoms with van der Waals surface area (Å²) in [5.74, 6) is 1.33. The monoisotopic (exact) mass is 361 g/mol. The molecular formula is C21H31NO4. The molecule has 8 rings (SSSR count). The first-order valence-electron chi connectivity index (χ1n) is 10.7. The molecule has 0 radical (unpaired) electrons. The molecular weight excluding hydrogens is 330 g/mol. The van der Waals surface area contributed by atoms with Crippen LogP contribution in [0.3, 0.4) is 0 Å². The second kappa shape index (κ2) is 4.06. The third-order valence-corrected chi connectivity index (χ3v) is 11.0. The summed E-state index contributed by atoms with van der Waals surface area (Å²) in [4.78, 5) is 2.54. The standard InChI is InChI=1S/C21H31NO4/c1-18-4-3-15(24)21-13(18)6-11(16(21)22(2)8-18)19-7-12(23)10(5-14(19)21)20(9-26-20)17(19)25/h10-17,23-25H,3-9H2,1-2H3/t10-,11-,12-,13+,14+,15-,16+,17-,18-,19+,20-,21-/m0/s1. The van der Waals surface area contributed by atoms with Crippen molar-refractivity contribution in [2.24, 2.45) is 39.9 Å². The van der Waals surface area contributed by atoms with E-state index in [0.29, 0.717) is 36.8 Å². The van der Waals surface area contributed by atoms with Crippen LogP contribution in [0, 0.1) is 39.9 Å². The van der Waals surface area contributed by atoms with Crippen molar-refractivity contribution in [1.82, 2.24) is 4.90 Å². The van der Waals surface area contributed by atoms with Gasteiger partial charge in [0.25, 0.3) is 0 Å². The Balaban J connectivity index is 1.48. The van der Waals surface area contributed by atoms with Crippen LogP contribution in [-0.4, -0.2) is 70.4 Å². The Kier molecular flexibility index (Phi) is 2.45. The maximum atomic E-state index is 11.6. The normalized spacial score (nSPS) is 72.8. The number of fused-ring (bicyclic) bond motifs is 1. The minimum Gasteiger partial charge on any atom is -0.393 e. The van der Waals surface area contributed by atoms with Crippen LogP contribution < -0.4 is 0 Å². The van der Waals surface area contributed by atoms with E-state index in [4.69, 9.17) is 4.74 Å². The first-order chi connectivity index (χ1) is 12.3. The molecule has 2 heterocycles. The van der Waals surface area contributed by atoms with Gasteiger partial charge in [-0.1, -0.05) is 6.92 Å². The van der Waals surface area contributed by atoms with E-state index in [1.807, 2.05) is 0 Å². The van der Waals surface area contributed by atoms with Crippen LogP contribution in [0.1, 0.15) is 39.0 Å². The Morgan fingerprint density at radius 2 is 1.81 bits per heavy atom. The Morgan fingerprint density at radius 1 is 1.08 bits per heavy atom. The van der Waals surface area contributed by atoms with E-state index >= 15 is 0 Å². The van der Waals surface area contributed by atoms with Crippen LogP contribution in [0.4, 0.5) is 0 Å². The van der Waals surface area contributed by atoms with Gasteiger partial charge in [-0.2, -0.15) is 0 Å². The van der Waals surface area contributed by atoms with E-state index in [1.165, 1.54) is 0 Å². The van der Waals surface area contributed by atoms with Gasteiger partial charge in [-0.05, 0) is 62.3 Å². The van der Waals surface area contributed by atoms with Crippen molar-refractivity contribution in [3.05, 3.63) is 0 Å². The second-order valence-corrected chi connectivity index (χ2v) is 11.4. The summed E-state index contributed by atoms with van der Waals surface area (Å²) in [5, 5.41) is 34.0. The molecule has 7 bridgehead atoms. The number of hydrogen-bond donors (Lipinski definition) is 3. The first kappa shape index (κ1) is 15.7. The summed E-state index contributed by atoms with van der Waals surface area (Å²) >= 11 is 0. The highest BCUT2D eigenvalue weighted by atomic mass is 16.6. The molecule has 2 aliphatic heterocycles. The molecule has 5 nitrogen and oxygen atoms in total. The average molecular weight is 361 g/mol. The fourth-order valence-electron chi connectivity index (χ4n) is 10.6. The number of piperidine rings is 1. The lowest BCUT2D eigenvalue weighted by Gasteiger charge is -2.69. The highest BCUT2D eigenvalue weighted by molar-refractivity contribution is 5.37. The molecule has 0 aromatic carbocycles. The Labute approximate surface area is 154 Å². The number of nitrogens with zero attached hydrogens (tertiary/aromatic N) is 1. The van der Waals surface area contributed by atoms with E-state index in [2.05, 4.69) is 18.9 Å². The minimum atomic E-state index is -0.481.